The van der Waals surface area contributed by atoms with Crippen LogP contribution in [0, 0.1) is 6.92 Å². The molecule has 0 fully saturated rings. The van der Waals surface area contributed by atoms with Gasteiger partial charge >= 0.3 is 13.5 Å². The molecule has 1 heterocycles. The number of aromatic nitrogens is 2. The highest BCUT2D eigenvalue weighted by Gasteiger charge is 2.32. The van der Waals surface area contributed by atoms with Gasteiger partial charge < -0.3 is 14.0 Å². The number of rotatable bonds is 9. The van der Waals surface area contributed by atoms with Crippen molar-refractivity contribution in [3.8, 4) is 11.6 Å². The van der Waals surface area contributed by atoms with Crippen molar-refractivity contribution in [3.05, 3.63) is 42.1 Å². The highest BCUT2D eigenvalue weighted by Crippen LogP contribution is 2.44. The first-order valence-corrected chi connectivity index (χ1v) is 10.4. The van der Waals surface area contributed by atoms with E-state index in [4.69, 9.17) is 14.0 Å². The van der Waals surface area contributed by atoms with Crippen LogP contribution >= 0.6 is 7.52 Å². The summed E-state index contributed by atoms with van der Waals surface area (Å²) in [4.78, 5) is 12.1. The molecule has 1 unspecified atom stereocenters. The van der Waals surface area contributed by atoms with Gasteiger partial charge in [0, 0.05) is 13.2 Å². The minimum Gasteiger partial charge on any atom is -0.462 e. The lowest BCUT2D eigenvalue weighted by Gasteiger charge is -2.23. The van der Waals surface area contributed by atoms with E-state index in [0.717, 1.165) is 5.69 Å². The van der Waals surface area contributed by atoms with Crippen LogP contribution in [0.3, 0.4) is 0 Å². The van der Waals surface area contributed by atoms with Gasteiger partial charge in [-0.05, 0) is 39.8 Å². The summed E-state index contributed by atoms with van der Waals surface area (Å²) in [7, 11) is -2.15. The number of aryl methyl sites for hydroxylation is 1. The minimum absolute atomic E-state index is 0.217. The standard InChI is InChI=1S/C18H26N3O5P/c1-13(2)25-18(22)15(4)20-27(23,12-24-5)26-17-11-14(3)19-21(17)16-9-7-6-8-10-16/h6-11,13,15H,12H2,1-5H3,(H,20,23)/t15-,27?/m0/s1. The first-order chi connectivity index (χ1) is 12.7. The molecule has 2 atom stereocenters. The zero-order chi connectivity index (χ0) is 20.0. The molecule has 1 aromatic carbocycles. The van der Waals surface area contributed by atoms with E-state index in [0.29, 0.717) is 5.69 Å². The number of carbonyl (C=O) groups excluding carboxylic acids is 1. The van der Waals surface area contributed by atoms with E-state index in [1.165, 1.54) is 7.11 Å². The lowest BCUT2D eigenvalue weighted by Crippen LogP contribution is -2.36. The van der Waals surface area contributed by atoms with Crippen LogP contribution in [0.4, 0.5) is 0 Å². The van der Waals surface area contributed by atoms with Crippen LogP contribution in [-0.4, -0.2) is 41.4 Å². The minimum atomic E-state index is -3.56. The van der Waals surface area contributed by atoms with Crippen LogP contribution in [0.5, 0.6) is 5.88 Å². The van der Waals surface area contributed by atoms with Gasteiger partial charge in [0.2, 0.25) is 5.88 Å². The molecule has 0 aliphatic rings. The van der Waals surface area contributed by atoms with Crippen LogP contribution < -0.4 is 9.61 Å². The predicted molar refractivity (Wildman–Crippen MR) is 102 cm³/mol. The first kappa shape index (κ1) is 21.2. The average Bonchev–Trinajstić information content (AvgIpc) is 2.95. The van der Waals surface area contributed by atoms with E-state index in [1.807, 2.05) is 37.3 Å². The average molecular weight is 395 g/mol. The maximum Gasteiger partial charge on any atom is 0.343 e. The van der Waals surface area contributed by atoms with Gasteiger partial charge in [-0.15, -0.1) is 0 Å². The highest BCUT2D eigenvalue weighted by molar-refractivity contribution is 7.57. The maximum absolute atomic E-state index is 13.3. The van der Waals surface area contributed by atoms with Gasteiger partial charge in [-0.3, -0.25) is 9.36 Å². The molecule has 0 radical (unpaired) electrons. The number of esters is 1. The Hall–Kier alpha value is -2.15. The maximum atomic E-state index is 13.3. The third-order valence-corrected chi connectivity index (χ3v) is 5.30. The number of benzene rings is 1. The van der Waals surface area contributed by atoms with Crippen molar-refractivity contribution < 1.29 is 23.4 Å². The fourth-order valence-electron chi connectivity index (χ4n) is 2.39. The number of carbonyl (C=O) groups is 1. The van der Waals surface area contributed by atoms with Crippen molar-refractivity contribution in [2.45, 2.75) is 39.8 Å². The molecule has 0 spiro atoms. The number of methoxy groups -OCH3 is 1. The van der Waals surface area contributed by atoms with Crippen molar-refractivity contribution >= 4 is 13.5 Å². The van der Waals surface area contributed by atoms with E-state index in [1.54, 1.807) is 31.5 Å². The second-order valence-corrected chi connectivity index (χ2v) is 8.44. The van der Waals surface area contributed by atoms with E-state index in [2.05, 4.69) is 10.2 Å². The molecular weight excluding hydrogens is 369 g/mol. The predicted octanol–water partition coefficient (Wildman–Crippen LogP) is 3.29. The summed E-state index contributed by atoms with van der Waals surface area (Å²) >= 11 is 0. The van der Waals surface area contributed by atoms with E-state index >= 15 is 0 Å². The van der Waals surface area contributed by atoms with Crippen LogP contribution in [0.1, 0.15) is 26.5 Å². The molecule has 0 saturated carbocycles. The lowest BCUT2D eigenvalue weighted by atomic mass is 10.3. The smallest absolute Gasteiger partial charge is 0.343 e. The Morgan fingerprint density at radius 2 is 1.93 bits per heavy atom. The summed E-state index contributed by atoms with van der Waals surface area (Å²) in [5.74, 6) is -0.228. The van der Waals surface area contributed by atoms with Crippen LogP contribution in [0.25, 0.3) is 5.69 Å². The zero-order valence-corrected chi connectivity index (χ0v) is 17.1. The van der Waals surface area contributed by atoms with Crippen LogP contribution in [0.15, 0.2) is 36.4 Å². The molecule has 0 bridgehead atoms. The fraction of sp³-hybridized carbons (Fsp3) is 0.444. The molecule has 148 valence electrons. The number of nitrogens with one attached hydrogen (secondary N) is 1. The number of hydrogen-bond acceptors (Lipinski definition) is 6. The molecule has 0 aliphatic heterocycles. The molecule has 2 rings (SSSR count). The van der Waals surface area contributed by atoms with E-state index in [-0.39, 0.29) is 18.3 Å². The summed E-state index contributed by atoms with van der Waals surface area (Å²) in [6.07, 6.45) is -0.489. The summed E-state index contributed by atoms with van der Waals surface area (Å²) in [6, 6.07) is 10.2. The van der Waals surface area contributed by atoms with Crippen molar-refractivity contribution in [1.82, 2.24) is 14.9 Å². The van der Waals surface area contributed by atoms with E-state index < -0.39 is 19.5 Å². The second-order valence-electron chi connectivity index (χ2n) is 6.39. The quantitative estimate of drug-likeness (QED) is 0.514. The zero-order valence-electron chi connectivity index (χ0n) is 16.2. The van der Waals surface area contributed by atoms with Gasteiger partial charge in [0.1, 0.15) is 12.4 Å². The summed E-state index contributed by atoms with van der Waals surface area (Å²) < 4.78 is 30.8. The monoisotopic (exact) mass is 395 g/mol. The topological polar surface area (TPSA) is 91.7 Å². The van der Waals surface area contributed by atoms with Crippen molar-refractivity contribution in [2.75, 3.05) is 13.5 Å². The van der Waals surface area contributed by atoms with Crippen molar-refractivity contribution in [2.24, 2.45) is 0 Å². The molecule has 8 nitrogen and oxygen atoms in total. The van der Waals surface area contributed by atoms with Crippen molar-refractivity contribution in [1.29, 1.82) is 0 Å². The molecule has 2 aromatic rings. The third-order valence-electron chi connectivity index (χ3n) is 3.44. The highest BCUT2D eigenvalue weighted by atomic mass is 31.2. The Bertz CT molecular complexity index is 807. The van der Waals surface area contributed by atoms with Crippen molar-refractivity contribution in [3.63, 3.8) is 0 Å². The molecule has 0 aliphatic carbocycles. The molecule has 0 amide bonds. The molecule has 1 aromatic heterocycles. The van der Waals surface area contributed by atoms with Gasteiger partial charge in [-0.2, -0.15) is 5.10 Å². The lowest BCUT2D eigenvalue weighted by molar-refractivity contribution is -0.149. The third kappa shape index (κ3) is 5.92. The molecule has 0 saturated heterocycles. The Morgan fingerprint density at radius 3 is 2.52 bits per heavy atom. The molecule has 1 N–H and O–H groups in total. The second kappa shape index (κ2) is 9.17. The Morgan fingerprint density at radius 1 is 1.26 bits per heavy atom. The van der Waals surface area contributed by atoms with E-state index in [9.17, 15) is 9.36 Å². The number of hydrogen-bond donors (Lipinski definition) is 1. The number of para-hydroxylation sites is 1. The Labute approximate surface area is 159 Å². The SMILES string of the molecule is COCP(=O)(N[C@@H](C)C(=O)OC(C)C)Oc1cc(C)nn1-c1ccccc1. The normalized spacial score (nSPS) is 14.6. The Kier molecular flexibility index (Phi) is 7.18. The summed E-state index contributed by atoms with van der Waals surface area (Å²) in [5, 5.41) is 7.12. The molecule has 9 heteroatoms. The number of nitrogens with zero attached hydrogens (tertiary/aromatic N) is 2. The molecule has 27 heavy (non-hydrogen) atoms. The fourth-order valence-corrected chi connectivity index (χ4v) is 4.04. The van der Waals surface area contributed by atoms with Gasteiger partial charge in [0.05, 0.1) is 17.5 Å². The summed E-state index contributed by atoms with van der Waals surface area (Å²) in [5.41, 5.74) is 1.46. The number of ether oxygens (including phenoxy) is 2. The van der Waals surface area contributed by atoms with Crippen LogP contribution in [0.2, 0.25) is 0 Å². The first-order valence-electron chi connectivity index (χ1n) is 8.62. The van der Waals surface area contributed by atoms with Gasteiger partial charge in [-0.1, -0.05) is 18.2 Å². The Balaban J connectivity index is 2.26. The van der Waals surface area contributed by atoms with Gasteiger partial charge in [0.15, 0.2) is 0 Å². The van der Waals surface area contributed by atoms with Gasteiger partial charge in [-0.25, -0.2) is 9.77 Å². The van der Waals surface area contributed by atoms with Gasteiger partial charge in [0.25, 0.3) is 0 Å². The van der Waals surface area contributed by atoms with Crippen LogP contribution in [-0.2, 0) is 18.8 Å². The summed E-state index contributed by atoms with van der Waals surface area (Å²) in [6.45, 7) is 6.87. The largest absolute Gasteiger partial charge is 0.462 e. The molecular formula is C18H26N3O5P.